The summed E-state index contributed by atoms with van der Waals surface area (Å²) < 4.78 is 1.27. The first-order valence-electron chi connectivity index (χ1n) is 6.29. The Morgan fingerprint density at radius 3 is 2.88 bits per heavy atom. The van der Waals surface area contributed by atoms with E-state index in [-0.39, 0.29) is 0 Å². The predicted octanol–water partition coefficient (Wildman–Crippen LogP) is 5.14. The van der Waals surface area contributed by atoms with E-state index in [0.29, 0.717) is 0 Å². The highest BCUT2D eigenvalue weighted by molar-refractivity contribution is 9.10. The zero-order valence-corrected chi connectivity index (χ0v) is 11.5. The molecule has 1 aromatic carbocycles. The quantitative estimate of drug-likeness (QED) is 0.654. The van der Waals surface area contributed by atoms with Crippen LogP contribution in [0.25, 0.3) is 6.08 Å². The Morgan fingerprint density at radius 2 is 2.06 bits per heavy atom. The third-order valence-electron chi connectivity index (χ3n) is 3.30. The zero-order valence-electron chi connectivity index (χ0n) is 9.93. The van der Waals surface area contributed by atoms with Gasteiger partial charge in [-0.15, -0.1) is 0 Å². The Bertz CT molecular complexity index is 391. The fraction of sp³-hybridized carbons (Fsp3) is 0.467. The Hall–Kier alpha value is -0.560. The van der Waals surface area contributed by atoms with Gasteiger partial charge in [0.2, 0.25) is 0 Å². The van der Waals surface area contributed by atoms with E-state index in [0.717, 1.165) is 6.42 Å². The van der Waals surface area contributed by atoms with Gasteiger partial charge < -0.3 is 0 Å². The maximum Gasteiger partial charge on any atom is 0.0216 e. The second-order valence-electron chi connectivity index (χ2n) is 4.52. The van der Waals surface area contributed by atoms with Gasteiger partial charge in [-0.3, -0.25) is 0 Å². The summed E-state index contributed by atoms with van der Waals surface area (Å²) in [5, 5.41) is 0. The molecule has 0 aliphatic heterocycles. The Labute approximate surface area is 107 Å². The molecule has 0 amide bonds. The average molecular weight is 279 g/mol. The van der Waals surface area contributed by atoms with Gasteiger partial charge in [-0.05, 0) is 42.0 Å². The summed E-state index contributed by atoms with van der Waals surface area (Å²) in [6.07, 6.45) is 12.3. The van der Waals surface area contributed by atoms with Crippen LogP contribution in [0.4, 0.5) is 0 Å². The third kappa shape index (κ3) is 2.57. The molecule has 86 valence electrons. The number of allylic oxidation sites excluding steroid dienone is 1. The molecular weight excluding hydrogens is 260 g/mol. The molecule has 0 N–H and O–H groups in total. The van der Waals surface area contributed by atoms with E-state index in [2.05, 4.69) is 47.1 Å². The van der Waals surface area contributed by atoms with E-state index in [1.165, 1.54) is 53.3 Å². The van der Waals surface area contributed by atoms with E-state index in [1.54, 1.807) is 0 Å². The van der Waals surface area contributed by atoms with Crippen molar-refractivity contribution in [1.82, 2.24) is 0 Å². The third-order valence-corrected chi connectivity index (χ3v) is 4.04. The molecule has 1 aromatic rings. The summed E-state index contributed by atoms with van der Waals surface area (Å²) in [5.41, 5.74) is 4.49. The normalized spacial score (nSPS) is 13.1. The minimum atomic E-state index is 1.10. The van der Waals surface area contributed by atoms with Crippen LogP contribution in [0.1, 0.15) is 49.3 Å². The van der Waals surface area contributed by atoms with Crippen LogP contribution in [0.5, 0.6) is 0 Å². The lowest BCUT2D eigenvalue weighted by Crippen LogP contribution is -1.93. The number of hydrogen-bond donors (Lipinski definition) is 0. The highest BCUT2D eigenvalue weighted by Crippen LogP contribution is 2.31. The summed E-state index contributed by atoms with van der Waals surface area (Å²) in [6.45, 7) is 2.26. The number of rotatable bonds is 5. The number of unbranched alkanes of at least 4 members (excludes halogenated alkanes) is 3. The molecule has 0 heterocycles. The van der Waals surface area contributed by atoms with Crippen molar-refractivity contribution in [2.24, 2.45) is 0 Å². The van der Waals surface area contributed by atoms with E-state index < -0.39 is 0 Å². The number of halogens is 1. The van der Waals surface area contributed by atoms with Crippen LogP contribution in [0.15, 0.2) is 22.7 Å². The first-order chi connectivity index (χ1) is 7.83. The Morgan fingerprint density at radius 1 is 1.19 bits per heavy atom. The molecule has 1 aliphatic rings. The maximum atomic E-state index is 3.63. The first kappa shape index (κ1) is 11.9. The minimum Gasteiger partial charge on any atom is -0.0795 e. The Kier molecular flexibility index (Phi) is 4.22. The summed E-state index contributed by atoms with van der Waals surface area (Å²) >= 11 is 3.63. The highest BCUT2D eigenvalue weighted by Gasteiger charge is 2.12. The van der Waals surface area contributed by atoms with Crippen molar-refractivity contribution in [2.75, 3.05) is 0 Å². The molecule has 1 heteroatoms. The molecular formula is C15H19Br. The van der Waals surface area contributed by atoms with Gasteiger partial charge in [0, 0.05) is 4.47 Å². The van der Waals surface area contributed by atoms with Gasteiger partial charge >= 0.3 is 0 Å². The monoisotopic (exact) mass is 278 g/mol. The van der Waals surface area contributed by atoms with Gasteiger partial charge in [0.15, 0.2) is 0 Å². The van der Waals surface area contributed by atoms with E-state index >= 15 is 0 Å². The maximum absolute atomic E-state index is 3.63. The fourth-order valence-electron chi connectivity index (χ4n) is 2.36. The van der Waals surface area contributed by atoms with Gasteiger partial charge in [0.25, 0.3) is 0 Å². The first-order valence-corrected chi connectivity index (χ1v) is 7.09. The van der Waals surface area contributed by atoms with Gasteiger partial charge in [0.1, 0.15) is 0 Å². The molecule has 0 aromatic heterocycles. The van der Waals surface area contributed by atoms with Gasteiger partial charge in [-0.25, -0.2) is 0 Å². The number of aryl methyl sites for hydroxylation is 1. The van der Waals surface area contributed by atoms with Crippen LogP contribution < -0.4 is 0 Å². The summed E-state index contributed by atoms with van der Waals surface area (Å²) in [6, 6.07) is 4.49. The molecule has 0 fully saturated rings. The van der Waals surface area contributed by atoms with Gasteiger partial charge in [-0.2, -0.15) is 0 Å². The molecule has 0 saturated heterocycles. The molecule has 0 spiro atoms. The number of hydrogen-bond acceptors (Lipinski definition) is 0. The van der Waals surface area contributed by atoms with Crippen molar-refractivity contribution in [2.45, 2.75) is 45.4 Å². The van der Waals surface area contributed by atoms with E-state index in [1.807, 2.05) is 0 Å². The van der Waals surface area contributed by atoms with Crippen molar-refractivity contribution in [3.8, 4) is 0 Å². The van der Waals surface area contributed by atoms with Crippen LogP contribution in [-0.4, -0.2) is 0 Å². The van der Waals surface area contributed by atoms with Crippen LogP contribution in [0, 0.1) is 0 Å². The van der Waals surface area contributed by atoms with Crippen molar-refractivity contribution < 1.29 is 0 Å². The second kappa shape index (κ2) is 5.67. The Balaban J connectivity index is 2.05. The zero-order chi connectivity index (χ0) is 11.4. The predicted molar refractivity (Wildman–Crippen MR) is 74.7 cm³/mol. The van der Waals surface area contributed by atoms with Crippen LogP contribution in [0.3, 0.4) is 0 Å². The van der Waals surface area contributed by atoms with Crippen molar-refractivity contribution in [1.29, 1.82) is 0 Å². The molecule has 0 nitrogen and oxygen atoms in total. The fourth-order valence-corrected chi connectivity index (χ4v) is 2.86. The molecule has 0 unspecified atom stereocenters. The number of fused-ring (bicyclic) bond motifs is 1. The molecule has 0 radical (unpaired) electrons. The van der Waals surface area contributed by atoms with E-state index in [4.69, 9.17) is 0 Å². The van der Waals surface area contributed by atoms with Crippen LogP contribution in [0.2, 0.25) is 0 Å². The van der Waals surface area contributed by atoms with Crippen molar-refractivity contribution in [3.63, 3.8) is 0 Å². The van der Waals surface area contributed by atoms with E-state index in [9.17, 15) is 0 Å². The minimum absolute atomic E-state index is 1.10. The average Bonchev–Trinajstić information content (AvgIpc) is 2.77. The standard InChI is InChI=1S/C15H19Br/c1-2-3-4-5-7-12-10-11-15(16)14-9-6-8-13(12)14/h6,8,10-11H,2-5,7,9H2,1H3. The lowest BCUT2D eigenvalue weighted by Gasteiger charge is -2.09. The topological polar surface area (TPSA) is 0 Å². The number of benzene rings is 1. The second-order valence-corrected chi connectivity index (χ2v) is 5.37. The van der Waals surface area contributed by atoms with Crippen LogP contribution in [-0.2, 0) is 12.8 Å². The van der Waals surface area contributed by atoms with Gasteiger partial charge in [-0.1, -0.05) is 60.3 Å². The summed E-state index contributed by atoms with van der Waals surface area (Å²) in [5.74, 6) is 0. The molecule has 0 atom stereocenters. The summed E-state index contributed by atoms with van der Waals surface area (Å²) in [4.78, 5) is 0. The largest absolute Gasteiger partial charge is 0.0795 e. The van der Waals surface area contributed by atoms with Crippen molar-refractivity contribution >= 4 is 22.0 Å². The molecule has 16 heavy (non-hydrogen) atoms. The SMILES string of the molecule is CCCCCCc1ccc(Br)c2c1C=CC2. The highest BCUT2D eigenvalue weighted by atomic mass is 79.9. The molecule has 0 bridgehead atoms. The summed E-state index contributed by atoms with van der Waals surface area (Å²) in [7, 11) is 0. The lowest BCUT2D eigenvalue weighted by atomic mass is 9.98. The lowest BCUT2D eigenvalue weighted by molar-refractivity contribution is 0.666. The van der Waals surface area contributed by atoms with Crippen LogP contribution >= 0.6 is 15.9 Å². The molecule has 0 saturated carbocycles. The van der Waals surface area contributed by atoms with Crippen molar-refractivity contribution in [3.05, 3.63) is 39.4 Å². The smallest absolute Gasteiger partial charge is 0.0216 e. The molecule has 1 aliphatic carbocycles. The van der Waals surface area contributed by atoms with Gasteiger partial charge in [0.05, 0.1) is 0 Å². The molecule has 2 rings (SSSR count).